The van der Waals surface area contributed by atoms with Crippen LogP contribution in [0.3, 0.4) is 0 Å². The van der Waals surface area contributed by atoms with Gasteiger partial charge in [-0.3, -0.25) is 4.79 Å². The summed E-state index contributed by atoms with van der Waals surface area (Å²) in [6.07, 6.45) is 8.46. The lowest BCUT2D eigenvalue weighted by atomic mass is 10.1. The topological polar surface area (TPSA) is 94.1 Å². The molecule has 8 nitrogen and oxygen atoms in total. The molecule has 32 heavy (non-hydrogen) atoms. The summed E-state index contributed by atoms with van der Waals surface area (Å²) in [5.74, 6) is 1.15. The minimum absolute atomic E-state index is 0.126. The zero-order chi connectivity index (χ0) is 22.5. The van der Waals surface area contributed by atoms with Gasteiger partial charge in [-0.05, 0) is 63.2 Å². The number of nitrogens with one attached hydrogen (secondary N) is 1. The lowest BCUT2D eigenvalue weighted by Crippen LogP contribution is -2.33. The molecule has 2 aromatic heterocycles. The van der Waals surface area contributed by atoms with Crippen molar-refractivity contribution < 1.29 is 14.3 Å². The predicted octanol–water partition coefficient (Wildman–Crippen LogP) is 3.21. The molecule has 0 radical (unpaired) electrons. The van der Waals surface area contributed by atoms with Crippen LogP contribution >= 0.6 is 0 Å². The van der Waals surface area contributed by atoms with Crippen molar-refractivity contribution in [3.8, 4) is 22.8 Å². The highest BCUT2D eigenvalue weighted by Crippen LogP contribution is 2.32. The van der Waals surface area contributed by atoms with Gasteiger partial charge in [-0.1, -0.05) is 6.42 Å². The van der Waals surface area contributed by atoms with Gasteiger partial charge in [0.2, 0.25) is 0 Å². The van der Waals surface area contributed by atoms with E-state index in [2.05, 4.69) is 15.2 Å². The van der Waals surface area contributed by atoms with E-state index in [1.807, 2.05) is 24.4 Å². The number of imidazole rings is 1. The molecule has 0 atom stereocenters. The third-order valence-corrected chi connectivity index (χ3v) is 5.91. The van der Waals surface area contributed by atoms with Gasteiger partial charge in [0.25, 0.3) is 5.91 Å². The average molecular weight is 438 g/mol. The normalized spacial score (nSPS) is 14.4. The number of benzene rings is 1. The van der Waals surface area contributed by atoms with Crippen LogP contribution in [0.25, 0.3) is 16.9 Å². The lowest BCUT2D eigenvalue weighted by molar-refractivity contribution is 0.0950. The van der Waals surface area contributed by atoms with E-state index in [-0.39, 0.29) is 5.91 Å². The summed E-state index contributed by atoms with van der Waals surface area (Å²) in [6, 6.07) is 7.30. The fraction of sp³-hybridized carbons (Fsp3) is 0.417. The second-order valence-electron chi connectivity index (χ2n) is 8.12. The van der Waals surface area contributed by atoms with E-state index < -0.39 is 0 Å². The molecule has 0 unspecified atom stereocenters. The Morgan fingerprint density at radius 3 is 2.62 bits per heavy atom. The van der Waals surface area contributed by atoms with Gasteiger partial charge in [-0.25, -0.2) is 4.98 Å². The van der Waals surface area contributed by atoms with Crippen molar-refractivity contribution in [2.45, 2.75) is 25.7 Å². The average Bonchev–Trinajstić information content (AvgIpc) is 3.27. The first-order chi connectivity index (χ1) is 15.6. The van der Waals surface area contributed by atoms with Crippen LogP contribution in [0.1, 0.15) is 36.0 Å². The van der Waals surface area contributed by atoms with E-state index >= 15 is 0 Å². The van der Waals surface area contributed by atoms with Gasteiger partial charge < -0.3 is 29.8 Å². The minimum Gasteiger partial charge on any atom is -0.493 e. The summed E-state index contributed by atoms with van der Waals surface area (Å²) in [5, 5.41) is 3.01. The first-order valence-electron chi connectivity index (χ1n) is 11.1. The molecular weight excluding hydrogens is 406 g/mol. The number of amides is 1. The summed E-state index contributed by atoms with van der Waals surface area (Å²) in [5.41, 5.74) is 9.41. The highest BCUT2D eigenvalue weighted by Gasteiger charge is 2.14. The number of aromatic nitrogens is 2. The van der Waals surface area contributed by atoms with Crippen LogP contribution < -0.4 is 20.5 Å². The molecule has 3 N–H and O–H groups in total. The smallest absolute Gasteiger partial charge is 0.252 e. The van der Waals surface area contributed by atoms with Gasteiger partial charge in [0.05, 0.1) is 31.2 Å². The number of nitrogens with zero attached hydrogens (tertiary/aromatic N) is 3. The maximum atomic E-state index is 12.7. The number of nitrogen functional groups attached to an aromatic ring is 1. The largest absolute Gasteiger partial charge is 0.493 e. The third kappa shape index (κ3) is 4.80. The molecule has 1 aliphatic rings. The van der Waals surface area contributed by atoms with Crippen molar-refractivity contribution >= 4 is 17.2 Å². The number of piperidine rings is 1. The summed E-state index contributed by atoms with van der Waals surface area (Å²) in [6.45, 7) is 4.01. The van der Waals surface area contributed by atoms with Crippen molar-refractivity contribution in [3.63, 3.8) is 0 Å². The van der Waals surface area contributed by atoms with Gasteiger partial charge in [0, 0.05) is 24.5 Å². The molecule has 0 aliphatic carbocycles. The Labute approximate surface area is 188 Å². The van der Waals surface area contributed by atoms with Gasteiger partial charge in [-0.2, -0.15) is 0 Å². The molecule has 3 aromatic rings. The maximum absolute atomic E-state index is 12.7. The van der Waals surface area contributed by atoms with E-state index in [1.165, 1.54) is 32.4 Å². The fourth-order valence-corrected chi connectivity index (χ4v) is 4.17. The molecule has 3 heterocycles. The van der Waals surface area contributed by atoms with Crippen LogP contribution in [0.2, 0.25) is 0 Å². The number of hydrogen-bond acceptors (Lipinski definition) is 6. The molecule has 8 heteroatoms. The van der Waals surface area contributed by atoms with Gasteiger partial charge >= 0.3 is 0 Å². The Morgan fingerprint density at radius 1 is 1.09 bits per heavy atom. The van der Waals surface area contributed by atoms with E-state index in [9.17, 15) is 4.79 Å². The third-order valence-electron chi connectivity index (χ3n) is 5.91. The van der Waals surface area contributed by atoms with E-state index in [0.29, 0.717) is 34.9 Å². The van der Waals surface area contributed by atoms with Crippen LogP contribution in [-0.2, 0) is 0 Å². The molecule has 0 bridgehead atoms. The zero-order valence-electron chi connectivity index (χ0n) is 18.8. The van der Waals surface area contributed by atoms with Crippen molar-refractivity contribution in [1.29, 1.82) is 0 Å². The Hall–Kier alpha value is -3.26. The standard InChI is InChI=1S/C24H31N5O3/c1-31-21-8-7-17(14-22(21)32-2)20-16-29-15-18(13-19(25)23(29)27-20)24(30)26-9-6-12-28-10-4-3-5-11-28/h7-8,13-16H,3-6,9-12,25H2,1-2H3,(H,26,30). The number of likely N-dealkylation sites (tertiary alicyclic amines) is 1. The molecule has 170 valence electrons. The number of methoxy groups -OCH3 is 2. The molecular formula is C24H31N5O3. The molecule has 0 spiro atoms. The number of nitrogens with two attached hydrogens (primary N) is 1. The Balaban J connectivity index is 1.45. The highest BCUT2D eigenvalue weighted by molar-refractivity contribution is 5.95. The lowest BCUT2D eigenvalue weighted by Gasteiger charge is -2.26. The molecule has 0 saturated carbocycles. The SMILES string of the molecule is COc1ccc(-c2cn3cc(C(=O)NCCCN4CCCCC4)cc(N)c3n2)cc1OC. The highest BCUT2D eigenvalue weighted by atomic mass is 16.5. The molecule has 4 rings (SSSR count). The minimum atomic E-state index is -0.126. The molecule has 1 fully saturated rings. The van der Waals surface area contributed by atoms with Gasteiger partial charge in [0.1, 0.15) is 0 Å². The number of pyridine rings is 1. The number of carbonyl (C=O) groups excluding carboxylic acids is 1. The quantitative estimate of drug-likeness (QED) is 0.526. The Bertz CT molecular complexity index is 1090. The summed E-state index contributed by atoms with van der Waals surface area (Å²) in [4.78, 5) is 19.8. The molecule has 1 saturated heterocycles. The van der Waals surface area contributed by atoms with Gasteiger partial charge in [0.15, 0.2) is 17.1 Å². The Kier molecular flexibility index (Phi) is 6.80. The molecule has 1 amide bonds. The molecule has 1 aliphatic heterocycles. The number of anilines is 1. The number of carbonyl (C=O) groups is 1. The van der Waals surface area contributed by atoms with Crippen LogP contribution in [0.15, 0.2) is 36.7 Å². The fourth-order valence-electron chi connectivity index (χ4n) is 4.17. The number of ether oxygens (including phenoxy) is 2. The second kappa shape index (κ2) is 9.91. The first-order valence-corrected chi connectivity index (χ1v) is 11.1. The maximum Gasteiger partial charge on any atom is 0.252 e. The summed E-state index contributed by atoms with van der Waals surface area (Å²) < 4.78 is 12.5. The van der Waals surface area contributed by atoms with Crippen LogP contribution in [-0.4, -0.2) is 60.6 Å². The van der Waals surface area contributed by atoms with Crippen LogP contribution in [0, 0.1) is 0 Å². The summed E-state index contributed by atoms with van der Waals surface area (Å²) in [7, 11) is 3.20. The number of hydrogen-bond donors (Lipinski definition) is 2. The van der Waals surface area contributed by atoms with Crippen molar-refractivity contribution in [2.24, 2.45) is 0 Å². The second-order valence-corrected chi connectivity index (χ2v) is 8.12. The summed E-state index contributed by atoms with van der Waals surface area (Å²) >= 11 is 0. The van der Waals surface area contributed by atoms with Gasteiger partial charge in [-0.15, -0.1) is 0 Å². The number of fused-ring (bicyclic) bond motifs is 1. The van der Waals surface area contributed by atoms with E-state index in [0.717, 1.165) is 24.2 Å². The zero-order valence-corrected chi connectivity index (χ0v) is 18.8. The van der Waals surface area contributed by atoms with Crippen LogP contribution in [0.4, 0.5) is 5.69 Å². The predicted molar refractivity (Wildman–Crippen MR) is 125 cm³/mol. The first kappa shape index (κ1) is 22.0. The Morgan fingerprint density at radius 2 is 1.88 bits per heavy atom. The van der Waals surface area contributed by atoms with Crippen molar-refractivity contribution in [1.82, 2.24) is 19.6 Å². The van der Waals surface area contributed by atoms with Crippen molar-refractivity contribution in [2.75, 3.05) is 46.1 Å². The molecule has 1 aromatic carbocycles. The monoisotopic (exact) mass is 437 g/mol. The van der Waals surface area contributed by atoms with E-state index in [4.69, 9.17) is 15.2 Å². The van der Waals surface area contributed by atoms with Crippen LogP contribution in [0.5, 0.6) is 11.5 Å². The van der Waals surface area contributed by atoms with Crippen molar-refractivity contribution in [3.05, 3.63) is 42.2 Å². The number of rotatable bonds is 8. The van der Waals surface area contributed by atoms with E-state index in [1.54, 1.807) is 30.9 Å².